The fourth-order valence-electron chi connectivity index (χ4n) is 2.94. The molecule has 2 unspecified atom stereocenters. The topological polar surface area (TPSA) is 74.2 Å². The van der Waals surface area contributed by atoms with Crippen LogP contribution in [0.5, 0.6) is 0 Å². The lowest BCUT2D eigenvalue weighted by Gasteiger charge is -2.26. The van der Waals surface area contributed by atoms with Crippen molar-refractivity contribution in [3.63, 3.8) is 0 Å². The number of rotatable bonds is 6. The van der Waals surface area contributed by atoms with Gasteiger partial charge in [-0.1, -0.05) is 44.7 Å². The lowest BCUT2D eigenvalue weighted by atomic mass is 9.85. The van der Waals surface area contributed by atoms with Crippen LogP contribution in [0.2, 0.25) is 0 Å². The molecular weight excluding hydrogens is 254 g/mol. The lowest BCUT2D eigenvalue weighted by Crippen LogP contribution is -2.21. The van der Waals surface area contributed by atoms with E-state index in [2.05, 4.69) is 24.0 Å². The second kappa shape index (κ2) is 7.18. The highest BCUT2D eigenvalue weighted by atomic mass is 16.5. The van der Waals surface area contributed by atoms with Crippen LogP contribution in [0.15, 0.2) is 4.52 Å². The maximum absolute atomic E-state index is 6.15. The molecule has 1 saturated carbocycles. The van der Waals surface area contributed by atoms with Crippen molar-refractivity contribution in [1.82, 2.24) is 10.1 Å². The van der Waals surface area contributed by atoms with Crippen LogP contribution in [0.25, 0.3) is 0 Å². The normalized spacial score (nSPS) is 21.6. The first kappa shape index (κ1) is 15.4. The van der Waals surface area contributed by atoms with E-state index in [4.69, 9.17) is 15.0 Å². The van der Waals surface area contributed by atoms with Gasteiger partial charge in [-0.15, -0.1) is 0 Å². The molecule has 1 fully saturated rings. The number of nitrogens with two attached hydrogens (primary N) is 1. The van der Waals surface area contributed by atoms with E-state index in [0.29, 0.717) is 23.6 Å². The van der Waals surface area contributed by atoms with Crippen LogP contribution in [0.3, 0.4) is 0 Å². The highest BCUT2D eigenvalue weighted by molar-refractivity contribution is 4.98. The summed E-state index contributed by atoms with van der Waals surface area (Å²) < 4.78 is 11.0. The molecule has 0 saturated heterocycles. The SMILES string of the molecule is CCC(C)[C@H](N)c1nc(C(OC)C2CCCCC2)no1. The largest absolute Gasteiger partial charge is 0.373 e. The Balaban J connectivity index is 2.09. The zero-order valence-electron chi connectivity index (χ0n) is 12.8. The van der Waals surface area contributed by atoms with Gasteiger partial charge in [0.25, 0.3) is 0 Å². The molecule has 0 aromatic carbocycles. The molecule has 0 radical (unpaired) electrons. The van der Waals surface area contributed by atoms with E-state index in [-0.39, 0.29) is 12.1 Å². The van der Waals surface area contributed by atoms with Crippen LogP contribution in [0.1, 0.15) is 76.2 Å². The van der Waals surface area contributed by atoms with Crippen molar-refractivity contribution < 1.29 is 9.26 Å². The number of hydrogen-bond acceptors (Lipinski definition) is 5. The van der Waals surface area contributed by atoms with Gasteiger partial charge in [0.2, 0.25) is 11.7 Å². The Morgan fingerprint density at radius 3 is 2.65 bits per heavy atom. The molecule has 0 bridgehead atoms. The van der Waals surface area contributed by atoms with Crippen molar-refractivity contribution in [2.45, 2.75) is 64.5 Å². The molecule has 1 aromatic heterocycles. The number of hydrogen-bond donors (Lipinski definition) is 1. The summed E-state index contributed by atoms with van der Waals surface area (Å²) in [5, 5.41) is 4.11. The van der Waals surface area contributed by atoms with E-state index in [9.17, 15) is 0 Å². The van der Waals surface area contributed by atoms with Gasteiger partial charge in [-0.3, -0.25) is 0 Å². The number of nitrogens with zero attached hydrogens (tertiary/aromatic N) is 2. The van der Waals surface area contributed by atoms with Crippen molar-refractivity contribution in [3.05, 3.63) is 11.7 Å². The van der Waals surface area contributed by atoms with Crippen molar-refractivity contribution in [1.29, 1.82) is 0 Å². The van der Waals surface area contributed by atoms with Gasteiger partial charge >= 0.3 is 0 Å². The summed E-state index contributed by atoms with van der Waals surface area (Å²) in [7, 11) is 1.73. The first-order valence-corrected chi connectivity index (χ1v) is 7.79. The van der Waals surface area contributed by atoms with E-state index in [1.54, 1.807) is 7.11 Å². The van der Waals surface area contributed by atoms with Crippen LogP contribution in [0.4, 0.5) is 0 Å². The zero-order chi connectivity index (χ0) is 14.5. The maximum atomic E-state index is 6.15. The van der Waals surface area contributed by atoms with Gasteiger partial charge in [-0.05, 0) is 24.7 Å². The summed E-state index contributed by atoms with van der Waals surface area (Å²) in [5.74, 6) is 2.03. The average Bonchev–Trinajstić information content (AvgIpc) is 2.97. The maximum Gasteiger partial charge on any atom is 0.243 e. The van der Waals surface area contributed by atoms with E-state index < -0.39 is 0 Å². The third kappa shape index (κ3) is 3.38. The third-order valence-electron chi connectivity index (χ3n) is 4.59. The van der Waals surface area contributed by atoms with E-state index in [0.717, 1.165) is 6.42 Å². The van der Waals surface area contributed by atoms with Crippen molar-refractivity contribution in [3.8, 4) is 0 Å². The third-order valence-corrected chi connectivity index (χ3v) is 4.59. The van der Waals surface area contributed by atoms with Gasteiger partial charge in [0, 0.05) is 7.11 Å². The minimum Gasteiger partial charge on any atom is -0.373 e. The molecule has 2 rings (SSSR count). The highest BCUT2D eigenvalue weighted by Crippen LogP contribution is 2.35. The Bertz CT molecular complexity index is 402. The number of ether oxygens (including phenoxy) is 1. The fraction of sp³-hybridized carbons (Fsp3) is 0.867. The molecule has 1 aliphatic rings. The Morgan fingerprint density at radius 1 is 1.35 bits per heavy atom. The van der Waals surface area contributed by atoms with Crippen LogP contribution >= 0.6 is 0 Å². The molecule has 0 amide bonds. The number of aromatic nitrogens is 2. The van der Waals surface area contributed by atoms with E-state index in [1.807, 2.05) is 0 Å². The van der Waals surface area contributed by atoms with E-state index >= 15 is 0 Å². The van der Waals surface area contributed by atoms with Crippen molar-refractivity contribution in [2.24, 2.45) is 17.6 Å². The standard InChI is InChI=1S/C15H27N3O2/c1-4-10(2)12(16)15-17-14(18-20-15)13(19-3)11-8-6-5-7-9-11/h10-13H,4-9,16H2,1-3H3/t10?,12-,13?/m0/s1. The smallest absolute Gasteiger partial charge is 0.243 e. The minimum atomic E-state index is -0.190. The molecule has 2 N–H and O–H groups in total. The Morgan fingerprint density at radius 2 is 2.05 bits per heavy atom. The Kier molecular flexibility index (Phi) is 5.54. The average molecular weight is 281 g/mol. The molecule has 20 heavy (non-hydrogen) atoms. The first-order valence-electron chi connectivity index (χ1n) is 7.79. The molecular formula is C15H27N3O2. The van der Waals surface area contributed by atoms with Crippen LogP contribution in [-0.2, 0) is 4.74 Å². The summed E-state index contributed by atoms with van der Waals surface area (Å²) >= 11 is 0. The second-order valence-corrected chi connectivity index (χ2v) is 5.96. The highest BCUT2D eigenvalue weighted by Gasteiger charge is 2.30. The first-order chi connectivity index (χ1) is 9.67. The van der Waals surface area contributed by atoms with Crippen LogP contribution < -0.4 is 5.73 Å². The predicted octanol–water partition coefficient (Wildman–Crippen LogP) is 3.38. The van der Waals surface area contributed by atoms with Crippen molar-refractivity contribution >= 4 is 0 Å². The fourth-order valence-corrected chi connectivity index (χ4v) is 2.94. The lowest BCUT2D eigenvalue weighted by molar-refractivity contribution is 0.0273. The summed E-state index contributed by atoms with van der Waals surface area (Å²) in [6, 6.07) is -0.190. The number of methoxy groups -OCH3 is 1. The monoisotopic (exact) mass is 281 g/mol. The molecule has 5 nitrogen and oxygen atoms in total. The molecule has 1 aromatic rings. The quantitative estimate of drug-likeness (QED) is 0.865. The molecule has 1 heterocycles. The molecule has 0 spiro atoms. The predicted molar refractivity (Wildman–Crippen MR) is 77.0 cm³/mol. The molecule has 5 heteroatoms. The van der Waals surface area contributed by atoms with Gasteiger partial charge in [-0.2, -0.15) is 4.98 Å². The summed E-state index contributed by atoms with van der Waals surface area (Å²) in [6.07, 6.45) is 7.15. The van der Waals surface area contributed by atoms with Crippen LogP contribution in [-0.4, -0.2) is 17.3 Å². The Labute approximate surface area is 121 Å². The van der Waals surface area contributed by atoms with Gasteiger partial charge in [0.05, 0.1) is 6.04 Å². The molecule has 0 aliphatic heterocycles. The second-order valence-electron chi connectivity index (χ2n) is 5.96. The molecule has 1 aliphatic carbocycles. The summed E-state index contributed by atoms with van der Waals surface area (Å²) in [5.41, 5.74) is 6.15. The molecule has 3 atom stereocenters. The van der Waals surface area contributed by atoms with Crippen molar-refractivity contribution in [2.75, 3.05) is 7.11 Å². The van der Waals surface area contributed by atoms with Gasteiger partial charge in [-0.25, -0.2) is 0 Å². The van der Waals surface area contributed by atoms with Crippen LogP contribution in [0, 0.1) is 11.8 Å². The van der Waals surface area contributed by atoms with E-state index in [1.165, 1.54) is 32.1 Å². The zero-order valence-corrected chi connectivity index (χ0v) is 12.8. The van der Waals surface area contributed by atoms with Gasteiger partial charge in [0.15, 0.2) is 0 Å². The van der Waals surface area contributed by atoms with Gasteiger partial charge < -0.3 is 15.0 Å². The Hall–Kier alpha value is -0.940. The minimum absolute atomic E-state index is 0.0584. The molecule has 114 valence electrons. The summed E-state index contributed by atoms with van der Waals surface area (Å²) in [4.78, 5) is 4.50. The summed E-state index contributed by atoms with van der Waals surface area (Å²) in [6.45, 7) is 4.21. The van der Waals surface area contributed by atoms with Gasteiger partial charge in [0.1, 0.15) is 6.10 Å².